The zero-order valence-electron chi connectivity index (χ0n) is 13.7. The van der Waals surface area contributed by atoms with Gasteiger partial charge in [0, 0.05) is 19.7 Å². The van der Waals surface area contributed by atoms with E-state index in [1.165, 1.54) is 12.0 Å². The summed E-state index contributed by atoms with van der Waals surface area (Å²) in [5.41, 5.74) is 0.553. The maximum absolute atomic E-state index is 12.6. The molecule has 0 spiro atoms. The second-order valence-corrected chi connectivity index (χ2v) is 6.13. The van der Waals surface area contributed by atoms with E-state index in [4.69, 9.17) is 9.84 Å². The summed E-state index contributed by atoms with van der Waals surface area (Å²) in [4.78, 5) is 50.7. The number of carbonyl (C=O) groups excluding carboxylic acids is 3. The predicted octanol–water partition coefficient (Wildman–Crippen LogP) is 0.373. The molecule has 2 aliphatic heterocycles. The highest BCUT2D eigenvalue weighted by Gasteiger charge is 2.41. The number of rotatable bonds is 5. The summed E-state index contributed by atoms with van der Waals surface area (Å²) >= 11 is 0. The van der Waals surface area contributed by atoms with E-state index in [1.807, 2.05) is 0 Å². The number of amides is 3. The SMILES string of the molecule is COC1CC(CC(=O)O)N(C(=O)CN2C(=O)c3ccccc3C2=O)C1. The van der Waals surface area contributed by atoms with E-state index >= 15 is 0 Å². The molecule has 0 aromatic heterocycles. The van der Waals surface area contributed by atoms with Gasteiger partial charge in [-0.1, -0.05) is 12.1 Å². The Labute approximate surface area is 144 Å². The van der Waals surface area contributed by atoms with Gasteiger partial charge in [-0.25, -0.2) is 0 Å². The average Bonchev–Trinajstić information content (AvgIpc) is 3.09. The van der Waals surface area contributed by atoms with E-state index in [0.717, 1.165) is 4.90 Å². The molecular weight excluding hydrogens is 328 g/mol. The lowest BCUT2D eigenvalue weighted by molar-refractivity contribution is -0.140. The molecule has 8 nitrogen and oxygen atoms in total. The number of hydrogen-bond acceptors (Lipinski definition) is 5. The van der Waals surface area contributed by atoms with Crippen LogP contribution in [0.15, 0.2) is 24.3 Å². The number of methoxy groups -OCH3 is 1. The molecule has 1 N–H and O–H groups in total. The molecule has 1 saturated heterocycles. The molecule has 2 aliphatic rings. The van der Waals surface area contributed by atoms with Crippen molar-refractivity contribution < 1.29 is 29.0 Å². The van der Waals surface area contributed by atoms with Crippen LogP contribution in [-0.2, 0) is 14.3 Å². The van der Waals surface area contributed by atoms with Crippen LogP contribution >= 0.6 is 0 Å². The lowest BCUT2D eigenvalue weighted by Crippen LogP contribution is -2.45. The largest absolute Gasteiger partial charge is 0.481 e. The Morgan fingerprint density at radius 2 is 1.80 bits per heavy atom. The van der Waals surface area contributed by atoms with Crippen molar-refractivity contribution >= 4 is 23.7 Å². The number of benzene rings is 1. The molecule has 1 aromatic carbocycles. The van der Waals surface area contributed by atoms with E-state index < -0.39 is 36.3 Å². The first-order valence-corrected chi connectivity index (χ1v) is 7.91. The van der Waals surface area contributed by atoms with Crippen molar-refractivity contribution in [2.75, 3.05) is 20.2 Å². The van der Waals surface area contributed by atoms with Crippen molar-refractivity contribution in [3.05, 3.63) is 35.4 Å². The summed E-state index contributed by atoms with van der Waals surface area (Å²) in [6, 6.07) is 5.89. The third-order valence-corrected chi connectivity index (χ3v) is 4.61. The first-order chi connectivity index (χ1) is 11.9. The van der Waals surface area contributed by atoms with Crippen LogP contribution in [0.1, 0.15) is 33.6 Å². The molecule has 0 radical (unpaired) electrons. The minimum Gasteiger partial charge on any atom is -0.481 e. The molecular formula is C17H18N2O6. The summed E-state index contributed by atoms with van der Waals surface area (Å²) in [6.07, 6.45) is -0.0415. The molecule has 0 bridgehead atoms. The van der Waals surface area contributed by atoms with E-state index in [1.54, 1.807) is 24.3 Å². The quantitative estimate of drug-likeness (QED) is 0.773. The molecule has 0 saturated carbocycles. The molecule has 2 unspecified atom stereocenters. The number of hydrogen-bond donors (Lipinski definition) is 1. The summed E-state index contributed by atoms with van der Waals surface area (Å²) in [5.74, 6) is -2.49. The number of carbonyl (C=O) groups is 4. The zero-order valence-corrected chi connectivity index (χ0v) is 13.7. The Morgan fingerprint density at radius 1 is 1.20 bits per heavy atom. The lowest BCUT2D eigenvalue weighted by atomic mass is 10.1. The molecule has 1 fully saturated rings. The Kier molecular flexibility index (Phi) is 4.54. The molecule has 2 atom stereocenters. The highest BCUT2D eigenvalue weighted by Crippen LogP contribution is 2.25. The van der Waals surface area contributed by atoms with Gasteiger partial charge in [0.25, 0.3) is 11.8 Å². The van der Waals surface area contributed by atoms with Crippen molar-refractivity contribution in [1.29, 1.82) is 0 Å². The van der Waals surface area contributed by atoms with E-state index in [0.29, 0.717) is 6.42 Å². The van der Waals surface area contributed by atoms with Gasteiger partial charge in [0.1, 0.15) is 6.54 Å². The Morgan fingerprint density at radius 3 is 2.32 bits per heavy atom. The zero-order chi connectivity index (χ0) is 18.1. The van der Waals surface area contributed by atoms with Crippen molar-refractivity contribution in [2.45, 2.75) is 25.0 Å². The summed E-state index contributed by atoms with van der Waals surface area (Å²) < 4.78 is 5.23. The van der Waals surface area contributed by atoms with Gasteiger partial charge in [-0.2, -0.15) is 0 Å². The van der Waals surface area contributed by atoms with Gasteiger partial charge in [-0.15, -0.1) is 0 Å². The van der Waals surface area contributed by atoms with Gasteiger partial charge in [-0.3, -0.25) is 24.1 Å². The van der Waals surface area contributed by atoms with Crippen LogP contribution in [0.2, 0.25) is 0 Å². The maximum Gasteiger partial charge on any atom is 0.305 e. The van der Waals surface area contributed by atoms with Crippen molar-refractivity contribution in [1.82, 2.24) is 9.80 Å². The third kappa shape index (κ3) is 3.12. The van der Waals surface area contributed by atoms with Crippen LogP contribution in [-0.4, -0.2) is 70.9 Å². The van der Waals surface area contributed by atoms with Crippen LogP contribution in [0.5, 0.6) is 0 Å². The van der Waals surface area contributed by atoms with Crippen molar-refractivity contribution in [3.8, 4) is 0 Å². The van der Waals surface area contributed by atoms with Crippen LogP contribution < -0.4 is 0 Å². The molecule has 3 rings (SSSR count). The monoisotopic (exact) mass is 346 g/mol. The highest BCUT2D eigenvalue weighted by molar-refractivity contribution is 6.22. The van der Waals surface area contributed by atoms with E-state index in [-0.39, 0.29) is 30.2 Å². The van der Waals surface area contributed by atoms with Gasteiger partial charge < -0.3 is 14.7 Å². The number of carboxylic acids is 1. The number of ether oxygens (including phenoxy) is 1. The smallest absolute Gasteiger partial charge is 0.305 e. The van der Waals surface area contributed by atoms with Crippen molar-refractivity contribution in [2.24, 2.45) is 0 Å². The number of aliphatic carboxylic acids is 1. The van der Waals surface area contributed by atoms with Crippen LogP contribution in [0, 0.1) is 0 Å². The van der Waals surface area contributed by atoms with Gasteiger partial charge in [0.05, 0.1) is 23.7 Å². The highest BCUT2D eigenvalue weighted by atomic mass is 16.5. The molecule has 3 amide bonds. The van der Waals surface area contributed by atoms with Gasteiger partial charge >= 0.3 is 5.97 Å². The number of nitrogens with zero attached hydrogens (tertiary/aromatic N) is 2. The minimum absolute atomic E-state index is 0.201. The Bertz CT molecular complexity index is 711. The second kappa shape index (κ2) is 6.64. The third-order valence-electron chi connectivity index (χ3n) is 4.61. The second-order valence-electron chi connectivity index (χ2n) is 6.13. The fourth-order valence-electron chi connectivity index (χ4n) is 3.35. The van der Waals surface area contributed by atoms with Crippen molar-refractivity contribution in [3.63, 3.8) is 0 Å². The topological polar surface area (TPSA) is 104 Å². The predicted molar refractivity (Wildman–Crippen MR) is 85.0 cm³/mol. The first kappa shape index (κ1) is 17.1. The van der Waals surface area contributed by atoms with Gasteiger partial charge in [-0.05, 0) is 18.6 Å². The van der Waals surface area contributed by atoms with Gasteiger partial charge in [0.2, 0.25) is 5.91 Å². The number of carboxylic acid groups (broad SMARTS) is 1. The van der Waals surface area contributed by atoms with E-state index in [9.17, 15) is 19.2 Å². The minimum atomic E-state index is -1.01. The normalized spacial score (nSPS) is 22.4. The van der Waals surface area contributed by atoms with Crippen LogP contribution in [0.3, 0.4) is 0 Å². The van der Waals surface area contributed by atoms with Crippen LogP contribution in [0.4, 0.5) is 0 Å². The number of fused-ring (bicyclic) bond motifs is 1. The van der Waals surface area contributed by atoms with Gasteiger partial charge in [0.15, 0.2) is 0 Å². The summed E-state index contributed by atoms with van der Waals surface area (Å²) in [7, 11) is 1.50. The fourth-order valence-corrected chi connectivity index (χ4v) is 3.35. The summed E-state index contributed by atoms with van der Waals surface area (Å²) in [6.45, 7) is -0.157. The molecule has 132 valence electrons. The average molecular weight is 346 g/mol. The molecule has 0 aliphatic carbocycles. The van der Waals surface area contributed by atoms with Crippen LogP contribution in [0.25, 0.3) is 0 Å². The first-order valence-electron chi connectivity index (χ1n) is 7.91. The molecule has 25 heavy (non-hydrogen) atoms. The standard InChI is InChI=1S/C17H18N2O6/c1-25-11-6-10(7-15(21)22)18(8-11)14(20)9-19-16(23)12-4-2-3-5-13(12)17(19)24/h2-5,10-11H,6-9H2,1H3,(H,21,22). The Hall–Kier alpha value is -2.74. The summed E-state index contributed by atoms with van der Waals surface area (Å²) in [5, 5.41) is 9.02. The van der Waals surface area contributed by atoms with E-state index in [2.05, 4.69) is 0 Å². The molecule has 2 heterocycles. The number of likely N-dealkylation sites (tertiary alicyclic amines) is 1. The Balaban J connectivity index is 1.74. The molecule has 1 aromatic rings. The molecule has 8 heteroatoms. The fraction of sp³-hybridized carbons (Fsp3) is 0.412. The maximum atomic E-state index is 12.6. The number of imide groups is 1. The lowest BCUT2D eigenvalue weighted by Gasteiger charge is -2.25.